The SMILES string of the molecule is CCOC[C@@H]1CN(Cc2nccs2)Cc2ccnn2C1. The van der Waals surface area contributed by atoms with Gasteiger partial charge in [-0.05, 0) is 13.0 Å². The van der Waals surface area contributed by atoms with Gasteiger partial charge in [-0.3, -0.25) is 9.58 Å². The zero-order chi connectivity index (χ0) is 13.8. The van der Waals surface area contributed by atoms with E-state index in [0.717, 1.165) is 39.4 Å². The van der Waals surface area contributed by atoms with E-state index < -0.39 is 0 Å². The Morgan fingerprint density at radius 2 is 2.35 bits per heavy atom. The Bertz CT molecular complexity index is 525. The second-order valence-electron chi connectivity index (χ2n) is 5.13. The van der Waals surface area contributed by atoms with Crippen molar-refractivity contribution in [2.45, 2.75) is 26.6 Å². The van der Waals surface area contributed by atoms with Crippen molar-refractivity contribution in [1.29, 1.82) is 0 Å². The fraction of sp³-hybridized carbons (Fsp3) is 0.571. The highest BCUT2D eigenvalue weighted by Crippen LogP contribution is 2.19. The molecule has 0 aromatic carbocycles. The van der Waals surface area contributed by atoms with Crippen molar-refractivity contribution in [3.8, 4) is 0 Å². The van der Waals surface area contributed by atoms with Gasteiger partial charge in [-0.1, -0.05) is 0 Å². The Morgan fingerprint density at radius 1 is 1.40 bits per heavy atom. The first-order valence-corrected chi connectivity index (χ1v) is 7.92. The van der Waals surface area contributed by atoms with Gasteiger partial charge in [-0.25, -0.2) is 4.98 Å². The van der Waals surface area contributed by atoms with Crippen molar-refractivity contribution >= 4 is 11.3 Å². The van der Waals surface area contributed by atoms with Crippen LogP contribution in [0.25, 0.3) is 0 Å². The summed E-state index contributed by atoms with van der Waals surface area (Å²) in [4.78, 5) is 6.84. The second kappa shape index (κ2) is 6.47. The smallest absolute Gasteiger partial charge is 0.107 e. The largest absolute Gasteiger partial charge is 0.381 e. The second-order valence-corrected chi connectivity index (χ2v) is 6.10. The predicted molar refractivity (Wildman–Crippen MR) is 78.4 cm³/mol. The summed E-state index contributed by atoms with van der Waals surface area (Å²) in [5, 5.41) is 7.64. The molecular formula is C14H20N4OS. The zero-order valence-electron chi connectivity index (χ0n) is 11.7. The van der Waals surface area contributed by atoms with Gasteiger partial charge in [0.25, 0.3) is 0 Å². The molecule has 0 spiro atoms. The minimum absolute atomic E-state index is 0.482. The van der Waals surface area contributed by atoms with Crippen molar-refractivity contribution in [2.75, 3.05) is 19.8 Å². The molecule has 6 heteroatoms. The van der Waals surface area contributed by atoms with E-state index in [1.807, 2.05) is 24.7 Å². The molecule has 0 unspecified atom stereocenters. The van der Waals surface area contributed by atoms with E-state index in [2.05, 4.69) is 25.7 Å². The fourth-order valence-corrected chi connectivity index (χ4v) is 3.31. The summed E-state index contributed by atoms with van der Waals surface area (Å²) >= 11 is 1.72. The zero-order valence-corrected chi connectivity index (χ0v) is 12.6. The van der Waals surface area contributed by atoms with Crippen LogP contribution < -0.4 is 0 Å². The van der Waals surface area contributed by atoms with Gasteiger partial charge >= 0.3 is 0 Å². The van der Waals surface area contributed by atoms with E-state index in [1.54, 1.807) is 11.3 Å². The Balaban J connectivity index is 1.73. The lowest BCUT2D eigenvalue weighted by atomic mass is 10.1. The number of aromatic nitrogens is 3. The lowest BCUT2D eigenvalue weighted by molar-refractivity contribution is 0.0841. The van der Waals surface area contributed by atoms with Crippen LogP contribution in [0.3, 0.4) is 0 Å². The number of fused-ring (bicyclic) bond motifs is 1. The van der Waals surface area contributed by atoms with Crippen LogP contribution in [0.1, 0.15) is 17.6 Å². The van der Waals surface area contributed by atoms with Gasteiger partial charge in [0, 0.05) is 49.9 Å². The van der Waals surface area contributed by atoms with Crippen molar-refractivity contribution in [3.05, 3.63) is 34.5 Å². The van der Waals surface area contributed by atoms with E-state index in [-0.39, 0.29) is 0 Å². The summed E-state index contributed by atoms with van der Waals surface area (Å²) in [5.74, 6) is 0.482. The van der Waals surface area contributed by atoms with Crippen LogP contribution >= 0.6 is 11.3 Å². The number of rotatable bonds is 5. The molecule has 0 bridgehead atoms. The Labute approximate surface area is 123 Å². The molecule has 1 atom stereocenters. The van der Waals surface area contributed by atoms with E-state index in [1.165, 1.54) is 10.7 Å². The van der Waals surface area contributed by atoms with Gasteiger partial charge in [-0.15, -0.1) is 11.3 Å². The lowest BCUT2D eigenvalue weighted by Gasteiger charge is -2.22. The summed E-state index contributed by atoms with van der Waals surface area (Å²) in [6, 6.07) is 2.11. The fourth-order valence-electron chi connectivity index (χ4n) is 2.65. The molecule has 2 aromatic heterocycles. The molecule has 0 amide bonds. The molecule has 0 fully saturated rings. The minimum atomic E-state index is 0.482. The average Bonchev–Trinajstić information content (AvgIpc) is 3.06. The van der Waals surface area contributed by atoms with Gasteiger partial charge in [0.1, 0.15) is 5.01 Å². The molecule has 1 aliphatic rings. The van der Waals surface area contributed by atoms with Crippen LogP contribution in [-0.2, 0) is 24.4 Å². The first-order chi connectivity index (χ1) is 9.85. The van der Waals surface area contributed by atoms with Gasteiger partial charge in [-0.2, -0.15) is 5.10 Å². The summed E-state index contributed by atoms with van der Waals surface area (Å²) in [5.41, 5.74) is 1.28. The first-order valence-electron chi connectivity index (χ1n) is 7.04. The minimum Gasteiger partial charge on any atom is -0.381 e. The predicted octanol–water partition coefficient (Wildman–Crippen LogP) is 2.01. The summed E-state index contributed by atoms with van der Waals surface area (Å²) in [7, 11) is 0. The first kappa shape index (κ1) is 13.7. The maximum absolute atomic E-state index is 5.62. The monoisotopic (exact) mass is 292 g/mol. The number of hydrogen-bond acceptors (Lipinski definition) is 5. The lowest BCUT2D eigenvalue weighted by Crippen LogP contribution is -2.30. The number of ether oxygens (including phenoxy) is 1. The summed E-state index contributed by atoms with van der Waals surface area (Å²) in [6.45, 7) is 7.43. The third-order valence-electron chi connectivity index (χ3n) is 3.54. The molecule has 0 aliphatic carbocycles. The number of nitrogens with zero attached hydrogens (tertiary/aromatic N) is 4. The van der Waals surface area contributed by atoms with E-state index in [4.69, 9.17) is 4.74 Å². The van der Waals surface area contributed by atoms with Crippen LogP contribution in [0.4, 0.5) is 0 Å². The van der Waals surface area contributed by atoms with Gasteiger partial charge in [0.05, 0.1) is 18.8 Å². The quantitative estimate of drug-likeness (QED) is 0.845. The molecule has 0 saturated heterocycles. The van der Waals surface area contributed by atoms with Crippen LogP contribution in [0, 0.1) is 5.92 Å². The highest BCUT2D eigenvalue weighted by atomic mass is 32.1. The van der Waals surface area contributed by atoms with Crippen molar-refractivity contribution in [1.82, 2.24) is 19.7 Å². The van der Waals surface area contributed by atoms with Crippen molar-refractivity contribution < 1.29 is 4.74 Å². The van der Waals surface area contributed by atoms with Gasteiger partial charge < -0.3 is 4.74 Å². The Kier molecular flexibility index (Phi) is 4.44. The highest BCUT2D eigenvalue weighted by molar-refractivity contribution is 7.09. The Morgan fingerprint density at radius 3 is 3.15 bits per heavy atom. The number of thiazole rings is 1. The van der Waals surface area contributed by atoms with Crippen molar-refractivity contribution in [3.63, 3.8) is 0 Å². The standard InChI is InChI=1S/C14H20N4OS/c1-2-19-11-12-7-17(10-14-15-5-6-20-14)9-13-3-4-16-18(13)8-12/h3-6,12H,2,7-11H2,1H3/t12-/m1/s1. The summed E-state index contributed by atoms with van der Waals surface area (Å²) in [6.07, 6.45) is 3.76. The third kappa shape index (κ3) is 3.26. The van der Waals surface area contributed by atoms with Crippen LogP contribution in [-0.4, -0.2) is 39.4 Å². The molecule has 0 saturated carbocycles. The topological polar surface area (TPSA) is 43.2 Å². The van der Waals surface area contributed by atoms with Crippen molar-refractivity contribution in [2.24, 2.45) is 5.92 Å². The van der Waals surface area contributed by atoms with E-state index in [9.17, 15) is 0 Å². The third-order valence-corrected chi connectivity index (χ3v) is 4.30. The molecule has 3 heterocycles. The van der Waals surface area contributed by atoms with Crippen LogP contribution in [0.15, 0.2) is 23.8 Å². The average molecular weight is 292 g/mol. The molecule has 2 aromatic rings. The molecule has 3 rings (SSSR count). The normalized spacial score (nSPS) is 19.8. The molecule has 20 heavy (non-hydrogen) atoms. The number of hydrogen-bond donors (Lipinski definition) is 0. The molecule has 5 nitrogen and oxygen atoms in total. The molecule has 1 aliphatic heterocycles. The summed E-state index contributed by atoms with van der Waals surface area (Å²) < 4.78 is 7.74. The molecule has 108 valence electrons. The maximum atomic E-state index is 5.62. The highest BCUT2D eigenvalue weighted by Gasteiger charge is 2.22. The van der Waals surface area contributed by atoms with Gasteiger partial charge in [0.15, 0.2) is 0 Å². The maximum Gasteiger partial charge on any atom is 0.107 e. The molecule has 0 radical (unpaired) electrons. The molecule has 0 N–H and O–H groups in total. The van der Waals surface area contributed by atoms with Crippen LogP contribution in [0.5, 0.6) is 0 Å². The van der Waals surface area contributed by atoms with Crippen LogP contribution in [0.2, 0.25) is 0 Å². The molecular weight excluding hydrogens is 272 g/mol. The Hall–Kier alpha value is -1.24. The van der Waals surface area contributed by atoms with Gasteiger partial charge in [0.2, 0.25) is 0 Å². The van der Waals surface area contributed by atoms with E-state index in [0.29, 0.717) is 5.92 Å². The van der Waals surface area contributed by atoms with E-state index >= 15 is 0 Å².